The van der Waals surface area contributed by atoms with Crippen LogP contribution in [0.5, 0.6) is 0 Å². The quantitative estimate of drug-likeness (QED) is 0.522. The van der Waals surface area contributed by atoms with Crippen LogP contribution in [-0.4, -0.2) is 9.78 Å². The molecule has 23 heavy (non-hydrogen) atoms. The minimum Gasteiger partial charge on any atom is -0.230 e. The largest absolute Gasteiger partial charge is 0.230 e. The lowest BCUT2D eigenvalue weighted by molar-refractivity contribution is 0.888. The van der Waals surface area contributed by atoms with E-state index in [1.54, 1.807) is 29.9 Å². The standard InChI is InChI=1S/C18H11Cl3N2/c1-2-3-13-11-22-23(17-9-8-15(20)10-16(17)21)18(13)12-4-6-14(19)7-5-12/h4-11H,1H3. The summed E-state index contributed by atoms with van der Waals surface area (Å²) in [6.45, 7) is 1.79. The summed E-state index contributed by atoms with van der Waals surface area (Å²) in [6, 6.07) is 12.8. The highest BCUT2D eigenvalue weighted by atomic mass is 35.5. The lowest BCUT2D eigenvalue weighted by atomic mass is 10.1. The number of rotatable bonds is 2. The summed E-state index contributed by atoms with van der Waals surface area (Å²) >= 11 is 18.3. The van der Waals surface area contributed by atoms with Crippen molar-refractivity contribution in [3.05, 3.63) is 69.3 Å². The van der Waals surface area contributed by atoms with E-state index in [0.29, 0.717) is 15.1 Å². The van der Waals surface area contributed by atoms with Crippen LogP contribution < -0.4 is 0 Å². The Morgan fingerprint density at radius 2 is 1.65 bits per heavy atom. The summed E-state index contributed by atoms with van der Waals surface area (Å²) in [4.78, 5) is 0. The predicted molar refractivity (Wildman–Crippen MR) is 96.6 cm³/mol. The normalized spacial score (nSPS) is 10.3. The maximum Gasteiger partial charge on any atom is 0.0898 e. The van der Waals surface area contributed by atoms with Crippen LogP contribution in [0.25, 0.3) is 16.9 Å². The molecule has 0 saturated carbocycles. The first-order chi connectivity index (χ1) is 11.1. The van der Waals surface area contributed by atoms with E-state index in [2.05, 4.69) is 16.9 Å². The molecule has 0 fully saturated rings. The molecule has 0 aliphatic carbocycles. The average Bonchev–Trinajstić information content (AvgIpc) is 2.92. The zero-order valence-electron chi connectivity index (χ0n) is 12.1. The molecular formula is C18H11Cl3N2. The van der Waals surface area contributed by atoms with Gasteiger partial charge in [0.1, 0.15) is 0 Å². The maximum absolute atomic E-state index is 6.33. The molecule has 0 bridgehead atoms. The van der Waals surface area contributed by atoms with Gasteiger partial charge in [-0.05, 0) is 37.3 Å². The van der Waals surface area contributed by atoms with Gasteiger partial charge in [0.05, 0.1) is 28.2 Å². The minimum absolute atomic E-state index is 0.520. The molecule has 0 saturated heterocycles. The number of hydrogen-bond donors (Lipinski definition) is 0. The smallest absolute Gasteiger partial charge is 0.0898 e. The second kappa shape index (κ2) is 6.68. The van der Waals surface area contributed by atoms with Crippen molar-refractivity contribution in [3.8, 4) is 28.8 Å². The number of hydrogen-bond acceptors (Lipinski definition) is 1. The fraction of sp³-hybridized carbons (Fsp3) is 0.0556. The van der Waals surface area contributed by atoms with Crippen molar-refractivity contribution in [2.45, 2.75) is 6.92 Å². The average molecular weight is 362 g/mol. The monoisotopic (exact) mass is 360 g/mol. The van der Waals surface area contributed by atoms with Gasteiger partial charge in [-0.2, -0.15) is 5.10 Å². The summed E-state index contributed by atoms with van der Waals surface area (Å²) in [7, 11) is 0. The molecule has 114 valence electrons. The Bertz CT molecular complexity index is 916. The zero-order valence-corrected chi connectivity index (χ0v) is 14.4. The van der Waals surface area contributed by atoms with Gasteiger partial charge in [0.15, 0.2) is 0 Å². The van der Waals surface area contributed by atoms with Gasteiger partial charge in [0.2, 0.25) is 0 Å². The van der Waals surface area contributed by atoms with Crippen LogP contribution in [0.15, 0.2) is 48.7 Å². The Kier molecular flexibility index (Phi) is 4.63. The van der Waals surface area contributed by atoms with Gasteiger partial charge in [-0.1, -0.05) is 52.9 Å². The Balaban J connectivity index is 2.25. The van der Waals surface area contributed by atoms with E-state index in [-0.39, 0.29) is 0 Å². The van der Waals surface area contributed by atoms with E-state index in [4.69, 9.17) is 34.8 Å². The molecule has 0 aliphatic heterocycles. The molecule has 1 aromatic heterocycles. The van der Waals surface area contributed by atoms with E-state index in [1.807, 2.05) is 30.3 Å². The van der Waals surface area contributed by atoms with Crippen molar-refractivity contribution in [2.75, 3.05) is 0 Å². The molecule has 0 amide bonds. The number of aromatic nitrogens is 2. The number of benzene rings is 2. The summed E-state index contributed by atoms with van der Waals surface area (Å²) in [5.41, 5.74) is 3.38. The molecule has 0 aliphatic rings. The van der Waals surface area contributed by atoms with Gasteiger partial charge in [-0.25, -0.2) is 4.68 Å². The minimum atomic E-state index is 0.520. The number of halogens is 3. The van der Waals surface area contributed by atoms with Crippen molar-refractivity contribution in [1.29, 1.82) is 0 Å². The third-order valence-electron chi connectivity index (χ3n) is 3.28. The molecule has 2 aromatic carbocycles. The molecule has 3 aromatic rings. The molecule has 0 radical (unpaired) electrons. The Hall–Kier alpha value is -1.92. The van der Waals surface area contributed by atoms with Crippen LogP contribution in [0.3, 0.4) is 0 Å². The van der Waals surface area contributed by atoms with Crippen LogP contribution in [0, 0.1) is 11.8 Å². The molecule has 5 heteroatoms. The fourth-order valence-corrected chi connectivity index (χ4v) is 2.91. The van der Waals surface area contributed by atoms with Crippen LogP contribution in [0.4, 0.5) is 0 Å². The Morgan fingerprint density at radius 1 is 0.957 bits per heavy atom. The third-order valence-corrected chi connectivity index (χ3v) is 4.07. The molecule has 0 unspecified atom stereocenters. The Morgan fingerprint density at radius 3 is 2.30 bits per heavy atom. The van der Waals surface area contributed by atoms with E-state index >= 15 is 0 Å². The molecule has 1 heterocycles. The first kappa shape index (κ1) is 16.0. The summed E-state index contributed by atoms with van der Waals surface area (Å²) < 4.78 is 1.77. The molecule has 0 N–H and O–H groups in total. The van der Waals surface area contributed by atoms with Crippen molar-refractivity contribution in [1.82, 2.24) is 9.78 Å². The molecule has 0 spiro atoms. The van der Waals surface area contributed by atoms with Crippen LogP contribution >= 0.6 is 34.8 Å². The van der Waals surface area contributed by atoms with E-state index in [0.717, 1.165) is 22.5 Å². The second-order valence-electron chi connectivity index (χ2n) is 4.80. The topological polar surface area (TPSA) is 17.8 Å². The molecule has 2 nitrogen and oxygen atoms in total. The molecular weight excluding hydrogens is 351 g/mol. The zero-order chi connectivity index (χ0) is 16.4. The van der Waals surface area contributed by atoms with Crippen molar-refractivity contribution < 1.29 is 0 Å². The van der Waals surface area contributed by atoms with Gasteiger partial charge >= 0.3 is 0 Å². The SMILES string of the molecule is CC#Cc1cnn(-c2ccc(Cl)cc2Cl)c1-c1ccc(Cl)cc1. The maximum atomic E-state index is 6.33. The fourth-order valence-electron chi connectivity index (χ4n) is 2.30. The first-order valence-corrected chi connectivity index (χ1v) is 7.95. The summed E-state index contributed by atoms with van der Waals surface area (Å²) in [6.07, 6.45) is 1.73. The van der Waals surface area contributed by atoms with Crippen LogP contribution in [-0.2, 0) is 0 Å². The highest BCUT2D eigenvalue weighted by Crippen LogP contribution is 2.31. The van der Waals surface area contributed by atoms with Crippen molar-refractivity contribution in [3.63, 3.8) is 0 Å². The summed E-state index contributed by atoms with van der Waals surface area (Å²) in [5.74, 6) is 5.99. The van der Waals surface area contributed by atoms with E-state index in [1.165, 1.54) is 0 Å². The highest BCUT2D eigenvalue weighted by molar-refractivity contribution is 6.35. The predicted octanol–water partition coefficient (Wildman–Crippen LogP) is 5.87. The lowest BCUT2D eigenvalue weighted by Crippen LogP contribution is -2.00. The van der Waals surface area contributed by atoms with Gasteiger partial charge in [-0.15, -0.1) is 5.92 Å². The van der Waals surface area contributed by atoms with E-state index in [9.17, 15) is 0 Å². The van der Waals surface area contributed by atoms with Gasteiger partial charge < -0.3 is 0 Å². The summed E-state index contributed by atoms with van der Waals surface area (Å²) in [5, 5.41) is 6.22. The Labute approximate surface area is 149 Å². The molecule has 0 atom stereocenters. The van der Waals surface area contributed by atoms with Crippen molar-refractivity contribution >= 4 is 34.8 Å². The first-order valence-electron chi connectivity index (χ1n) is 6.82. The highest BCUT2D eigenvalue weighted by Gasteiger charge is 2.15. The third kappa shape index (κ3) is 3.23. The van der Waals surface area contributed by atoms with Gasteiger partial charge in [0, 0.05) is 15.6 Å². The van der Waals surface area contributed by atoms with Crippen molar-refractivity contribution in [2.24, 2.45) is 0 Å². The van der Waals surface area contributed by atoms with Gasteiger partial charge in [-0.3, -0.25) is 0 Å². The lowest BCUT2D eigenvalue weighted by Gasteiger charge is -2.10. The molecule has 3 rings (SSSR count). The van der Waals surface area contributed by atoms with Gasteiger partial charge in [0.25, 0.3) is 0 Å². The van der Waals surface area contributed by atoms with Crippen LogP contribution in [0.1, 0.15) is 12.5 Å². The number of nitrogens with zero attached hydrogens (tertiary/aromatic N) is 2. The second-order valence-corrected chi connectivity index (χ2v) is 6.08. The van der Waals surface area contributed by atoms with E-state index < -0.39 is 0 Å². The van der Waals surface area contributed by atoms with Crippen LogP contribution in [0.2, 0.25) is 15.1 Å².